The number of aliphatic hydroxyl groups is 3. The Balaban J connectivity index is 1.33. The zero-order valence-corrected chi connectivity index (χ0v) is 25.7. The van der Waals surface area contributed by atoms with Crippen LogP contribution in [-0.4, -0.2) is 140 Å². The molecule has 0 spiro atoms. The number of amides is 1. The average molecular weight is 615 g/mol. The maximum Gasteiger partial charge on any atom is 0.220 e. The number of likely N-dealkylation sites (N-methyl/N-ethyl adjacent to an activating group) is 1. The molecule has 2 saturated heterocycles. The fraction of sp³-hybridized carbons (Fsp3) is 0.897. The molecule has 1 unspecified atom stereocenters. The first-order valence-electron chi connectivity index (χ1n) is 15.8. The quantitative estimate of drug-likeness (QED) is 0.104. The van der Waals surface area contributed by atoms with Crippen LogP contribution in [0.25, 0.3) is 0 Å². The third-order valence-electron chi connectivity index (χ3n) is 8.75. The average Bonchev–Trinajstić information content (AvgIpc) is 2.96. The van der Waals surface area contributed by atoms with Crippen LogP contribution in [0.5, 0.6) is 0 Å². The highest BCUT2D eigenvalue weighted by Gasteiger charge is 2.49. The van der Waals surface area contributed by atoms with Gasteiger partial charge in [0.25, 0.3) is 0 Å². The number of aliphatic hydroxyl groups excluding tert-OH is 2. The number of carbonyl (C=O) groups excluding carboxylic acids is 1. The van der Waals surface area contributed by atoms with E-state index in [-0.39, 0.29) is 31.8 Å². The summed E-state index contributed by atoms with van der Waals surface area (Å²) in [6.07, 6.45) is -0.432. The summed E-state index contributed by atoms with van der Waals surface area (Å²) in [5, 5.41) is 42.2. The number of nitrogens with zero attached hydrogens (tertiary/aromatic N) is 1. The van der Waals surface area contributed by atoms with Gasteiger partial charge >= 0.3 is 0 Å². The summed E-state index contributed by atoms with van der Waals surface area (Å²) in [5.41, 5.74) is 10.9. The molecule has 43 heavy (non-hydrogen) atoms. The van der Waals surface area contributed by atoms with Crippen LogP contribution in [0.1, 0.15) is 51.9 Å². The van der Waals surface area contributed by atoms with E-state index in [0.29, 0.717) is 32.0 Å². The van der Waals surface area contributed by atoms with Crippen molar-refractivity contribution < 1.29 is 39.1 Å². The SMILES string of the molecule is CN1CCNCC1CCNCC1=CCC[C@@H](O[C@H]2[C@H](O)[C@@H](O[C@H]3OC[C@](C)(O)C[C@H]3O)[C@H](NC(=O)CCCN)C[C@@H]2N)O1. The van der Waals surface area contributed by atoms with Crippen LogP contribution in [0, 0.1) is 0 Å². The topological polar surface area (TPSA) is 206 Å². The van der Waals surface area contributed by atoms with E-state index in [4.69, 9.17) is 30.4 Å². The van der Waals surface area contributed by atoms with Gasteiger partial charge in [0.1, 0.15) is 30.2 Å². The fourth-order valence-electron chi connectivity index (χ4n) is 6.25. The Bertz CT molecular complexity index is 912. The summed E-state index contributed by atoms with van der Waals surface area (Å²) < 4.78 is 24.1. The normalized spacial score (nSPS) is 39.1. The Hall–Kier alpha value is -1.43. The van der Waals surface area contributed by atoms with E-state index in [9.17, 15) is 20.1 Å². The number of hydrogen-bond acceptors (Lipinski definition) is 13. The number of nitrogens with two attached hydrogens (primary N) is 2. The first kappa shape index (κ1) is 34.4. The molecule has 0 aromatic rings. The van der Waals surface area contributed by atoms with Crippen LogP contribution < -0.4 is 27.4 Å². The maximum atomic E-state index is 12.6. The van der Waals surface area contributed by atoms with Crippen molar-refractivity contribution in [1.82, 2.24) is 20.9 Å². The van der Waals surface area contributed by atoms with Crippen molar-refractivity contribution in [1.29, 1.82) is 0 Å². The van der Waals surface area contributed by atoms with E-state index < -0.39 is 54.7 Å². The summed E-state index contributed by atoms with van der Waals surface area (Å²) in [7, 11) is 2.16. The number of piperazine rings is 1. The highest BCUT2D eigenvalue weighted by molar-refractivity contribution is 5.76. The van der Waals surface area contributed by atoms with Gasteiger partial charge < -0.3 is 66.6 Å². The molecule has 10 atom stereocenters. The number of nitrogens with one attached hydrogen (secondary N) is 3. The summed E-state index contributed by atoms with van der Waals surface area (Å²) in [4.78, 5) is 15.0. The molecule has 0 aromatic carbocycles. The molecule has 14 nitrogen and oxygen atoms in total. The Morgan fingerprint density at radius 2 is 2.12 bits per heavy atom. The van der Waals surface area contributed by atoms with Gasteiger partial charge in [-0.25, -0.2) is 0 Å². The Labute approximate surface area is 254 Å². The van der Waals surface area contributed by atoms with Crippen molar-refractivity contribution in [2.75, 3.05) is 52.9 Å². The summed E-state index contributed by atoms with van der Waals surface area (Å²) >= 11 is 0. The predicted octanol–water partition coefficient (Wildman–Crippen LogP) is -2.17. The molecule has 14 heteroatoms. The van der Waals surface area contributed by atoms with E-state index in [2.05, 4.69) is 27.9 Å². The monoisotopic (exact) mass is 614 g/mol. The number of rotatable bonds is 13. The van der Waals surface area contributed by atoms with Crippen LogP contribution in [-0.2, 0) is 23.7 Å². The molecule has 0 bridgehead atoms. The predicted molar refractivity (Wildman–Crippen MR) is 159 cm³/mol. The summed E-state index contributed by atoms with van der Waals surface area (Å²) in [6.45, 7) is 6.41. The molecular formula is C29H54N6O8. The van der Waals surface area contributed by atoms with Crippen molar-refractivity contribution in [2.24, 2.45) is 11.5 Å². The van der Waals surface area contributed by atoms with Gasteiger partial charge in [0.2, 0.25) is 5.91 Å². The lowest BCUT2D eigenvalue weighted by atomic mass is 9.83. The lowest BCUT2D eigenvalue weighted by Gasteiger charge is -2.47. The lowest BCUT2D eigenvalue weighted by molar-refractivity contribution is -0.297. The third-order valence-corrected chi connectivity index (χ3v) is 8.75. The molecule has 0 aromatic heterocycles. The molecule has 3 aliphatic heterocycles. The van der Waals surface area contributed by atoms with Gasteiger partial charge in [-0.05, 0) is 58.8 Å². The number of allylic oxidation sites excluding steroid dienone is 1. The van der Waals surface area contributed by atoms with Crippen molar-refractivity contribution >= 4 is 5.91 Å². The van der Waals surface area contributed by atoms with E-state index in [1.54, 1.807) is 6.92 Å². The second-order valence-corrected chi connectivity index (χ2v) is 12.7. The minimum atomic E-state index is -1.25. The molecule has 10 N–H and O–H groups in total. The van der Waals surface area contributed by atoms with Crippen molar-refractivity contribution in [3.8, 4) is 0 Å². The Kier molecular flexibility index (Phi) is 13.0. The van der Waals surface area contributed by atoms with Crippen molar-refractivity contribution in [2.45, 2.75) is 113 Å². The number of carbonyl (C=O) groups is 1. The van der Waals surface area contributed by atoms with Gasteiger partial charge in [-0.15, -0.1) is 0 Å². The van der Waals surface area contributed by atoms with E-state index >= 15 is 0 Å². The molecule has 1 aliphatic carbocycles. The second-order valence-electron chi connectivity index (χ2n) is 12.7. The molecule has 4 aliphatic rings. The molecule has 0 radical (unpaired) electrons. The van der Waals surface area contributed by atoms with E-state index in [1.165, 1.54) is 0 Å². The van der Waals surface area contributed by atoms with Crippen LogP contribution >= 0.6 is 0 Å². The van der Waals surface area contributed by atoms with Gasteiger partial charge in [-0.1, -0.05) is 0 Å². The van der Waals surface area contributed by atoms with Crippen molar-refractivity contribution in [3.05, 3.63) is 11.8 Å². The van der Waals surface area contributed by atoms with Gasteiger partial charge in [-0.2, -0.15) is 0 Å². The minimum absolute atomic E-state index is 0.0424. The first-order chi connectivity index (χ1) is 20.6. The Morgan fingerprint density at radius 3 is 2.86 bits per heavy atom. The van der Waals surface area contributed by atoms with E-state index in [0.717, 1.165) is 44.8 Å². The fourth-order valence-corrected chi connectivity index (χ4v) is 6.25. The standard InChI is InChI=1S/C29H54N6O8/c1-29(39)14-22(36)28(40-17-29)43-27-21(34-23(37)6-4-9-30)13-20(31)26(25(27)38)42-24-7-3-5-19(41-24)16-32-10-8-18-15-33-11-12-35(18)2/h5,18,20-22,24-28,32-33,36,38-39H,3-4,6-17,30-31H2,1-2H3,(H,34,37)/t18?,20-,21+,22+,24+,25-,26+,27-,28+,29+/m0/s1. The van der Waals surface area contributed by atoms with Gasteiger partial charge in [0.05, 0.1) is 24.8 Å². The van der Waals surface area contributed by atoms with Crippen molar-refractivity contribution in [3.63, 3.8) is 0 Å². The first-order valence-corrected chi connectivity index (χ1v) is 15.8. The van der Waals surface area contributed by atoms with Gasteiger partial charge in [-0.3, -0.25) is 4.79 Å². The zero-order valence-electron chi connectivity index (χ0n) is 25.7. The highest BCUT2D eigenvalue weighted by atomic mass is 16.7. The molecule has 1 amide bonds. The van der Waals surface area contributed by atoms with Gasteiger partial charge in [0, 0.05) is 51.0 Å². The molecule has 3 heterocycles. The van der Waals surface area contributed by atoms with Gasteiger partial charge in [0.15, 0.2) is 12.6 Å². The summed E-state index contributed by atoms with van der Waals surface area (Å²) in [5.74, 6) is 0.550. The largest absolute Gasteiger partial charge is 0.468 e. The van der Waals surface area contributed by atoms with Crippen LogP contribution in [0.3, 0.4) is 0 Å². The smallest absolute Gasteiger partial charge is 0.220 e. The maximum absolute atomic E-state index is 12.6. The van der Waals surface area contributed by atoms with Crippen LogP contribution in [0.2, 0.25) is 0 Å². The lowest BCUT2D eigenvalue weighted by Crippen LogP contribution is -2.66. The summed E-state index contributed by atoms with van der Waals surface area (Å²) in [6, 6.07) is -0.769. The molecule has 4 rings (SSSR count). The van der Waals surface area contributed by atoms with E-state index in [1.807, 2.05) is 6.08 Å². The molecular weight excluding hydrogens is 560 g/mol. The second kappa shape index (κ2) is 16.2. The highest BCUT2D eigenvalue weighted by Crippen LogP contribution is 2.32. The zero-order chi connectivity index (χ0) is 31.0. The van der Waals surface area contributed by atoms with Crippen LogP contribution in [0.15, 0.2) is 11.8 Å². The van der Waals surface area contributed by atoms with Crippen LogP contribution in [0.4, 0.5) is 0 Å². The molecule has 3 fully saturated rings. The number of ether oxygens (including phenoxy) is 4. The third kappa shape index (κ3) is 10.0. The molecule has 1 saturated carbocycles. The number of hydrogen-bond donors (Lipinski definition) is 8. The molecule has 248 valence electrons. The Morgan fingerprint density at radius 1 is 1.30 bits per heavy atom. The minimum Gasteiger partial charge on any atom is -0.468 e.